The van der Waals surface area contributed by atoms with Gasteiger partial charge < -0.3 is 0 Å². The average Bonchev–Trinajstić information content (AvgIpc) is 2.65. The zero-order valence-electron chi connectivity index (χ0n) is 11.1. The zero-order chi connectivity index (χ0) is 14.4. The van der Waals surface area contributed by atoms with Gasteiger partial charge in [0.1, 0.15) is 0 Å². The number of nitrogens with zero attached hydrogens (tertiary/aromatic N) is 1. The molecule has 5 heteroatoms. The molecule has 3 rings (SSSR count). The predicted molar refractivity (Wildman–Crippen MR) is 79.0 cm³/mol. The normalized spacial score (nSPS) is 29.8. The van der Waals surface area contributed by atoms with Gasteiger partial charge in [-0.25, -0.2) is 4.90 Å². The summed E-state index contributed by atoms with van der Waals surface area (Å²) in [5.41, 5.74) is 0.413. The summed E-state index contributed by atoms with van der Waals surface area (Å²) in [6.45, 7) is 2.13. The molecule has 20 heavy (non-hydrogen) atoms. The van der Waals surface area contributed by atoms with Crippen molar-refractivity contribution in [3.8, 4) is 0 Å². The summed E-state index contributed by atoms with van der Waals surface area (Å²) >= 11 is 12.1. The fourth-order valence-corrected chi connectivity index (χ4v) is 3.67. The third kappa shape index (κ3) is 2.04. The first-order valence-corrected chi connectivity index (χ1v) is 7.58. The Morgan fingerprint density at radius 2 is 1.80 bits per heavy atom. The zero-order valence-corrected chi connectivity index (χ0v) is 12.6. The Morgan fingerprint density at radius 1 is 1.10 bits per heavy atom. The Hall–Kier alpha value is -1.06. The van der Waals surface area contributed by atoms with Crippen molar-refractivity contribution < 1.29 is 9.59 Å². The summed E-state index contributed by atoms with van der Waals surface area (Å²) in [4.78, 5) is 26.3. The summed E-state index contributed by atoms with van der Waals surface area (Å²) in [7, 11) is 0. The minimum atomic E-state index is -0.193. The Labute approximate surface area is 127 Å². The van der Waals surface area contributed by atoms with Gasteiger partial charge in [0.15, 0.2) is 0 Å². The van der Waals surface area contributed by atoms with Crippen LogP contribution in [0.4, 0.5) is 5.69 Å². The Bertz CT molecular complexity index is 587. The number of amides is 2. The van der Waals surface area contributed by atoms with Crippen LogP contribution in [0.5, 0.6) is 0 Å². The van der Waals surface area contributed by atoms with Crippen LogP contribution in [0.2, 0.25) is 10.0 Å². The van der Waals surface area contributed by atoms with Gasteiger partial charge in [-0.05, 0) is 37.3 Å². The quantitative estimate of drug-likeness (QED) is 0.737. The monoisotopic (exact) mass is 311 g/mol. The van der Waals surface area contributed by atoms with Crippen molar-refractivity contribution in [2.45, 2.75) is 26.2 Å². The highest BCUT2D eigenvalue weighted by atomic mass is 35.5. The Balaban J connectivity index is 2.00. The second-order valence-electron chi connectivity index (χ2n) is 5.72. The van der Waals surface area contributed by atoms with E-state index in [0.717, 1.165) is 19.3 Å². The molecule has 2 aliphatic rings. The first kappa shape index (κ1) is 13.9. The number of hydrogen-bond donors (Lipinski definition) is 0. The number of carbonyl (C=O) groups is 2. The van der Waals surface area contributed by atoms with Gasteiger partial charge in [0.2, 0.25) is 11.8 Å². The fraction of sp³-hybridized carbons (Fsp3) is 0.467. The van der Waals surface area contributed by atoms with E-state index in [1.165, 1.54) is 4.90 Å². The molecule has 1 aromatic carbocycles. The van der Waals surface area contributed by atoms with Crippen molar-refractivity contribution in [1.29, 1.82) is 0 Å². The number of benzene rings is 1. The molecule has 0 aromatic heterocycles. The number of hydrogen-bond acceptors (Lipinski definition) is 2. The highest BCUT2D eigenvalue weighted by Crippen LogP contribution is 2.44. The molecule has 3 unspecified atom stereocenters. The number of fused-ring (bicyclic) bond motifs is 1. The van der Waals surface area contributed by atoms with Crippen LogP contribution in [0.1, 0.15) is 26.2 Å². The molecule has 2 fully saturated rings. The van der Waals surface area contributed by atoms with Gasteiger partial charge in [-0.15, -0.1) is 0 Å². The van der Waals surface area contributed by atoms with Gasteiger partial charge in [0.25, 0.3) is 0 Å². The largest absolute Gasteiger partial charge is 0.274 e. The second-order valence-corrected chi connectivity index (χ2v) is 6.50. The van der Waals surface area contributed by atoms with E-state index in [1.54, 1.807) is 18.2 Å². The first-order chi connectivity index (χ1) is 9.50. The molecule has 1 heterocycles. The smallest absolute Gasteiger partial charge is 0.237 e. The molecular weight excluding hydrogens is 297 g/mol. The van der Waals surface area contributed by atoms with Gasteiger partial charge >= 0.3 is 0 Å². The minimum absolute atomic E-state index is 0.129. The van der Waals surface area contributed by atoms with Crippen molar-refractivity contribution in [3.63, 3.8) is 0 Å². The minimum Gasteiger partial charge on any atom is -0.274 e. The SMILES string of the molecule is CC1CCC2C(=O)N(c3cccc(Cl)c3Cl)C(=O)C2C1. The van der Waals surface area contributed by atoms with Crippen LogP contribution in [0.25, 0.3) is 0 Å². The molecule has 0 N–H and O–H groups in total. The van der Waals surface area contributed by atoms with E-state index in [9.17, 15) is 9.59 Å². The van der Waals surface area contributed by atoms with Crippen LogP contribution in [-0.2, 0) is 9.59 Å². The van der Waals surface area contributed by atoms with Gasteiger partial charge in [0.05, 0.1) is 27.6 Å². The van der Waals surface area contributed by atoms with Crippen LogP contribution >= 0.6 is 23.2 Å². The lowest BCUT2D eigenvalue weighted by atomic mass is 9.76. The predicted octanol–water partition coefficient (Wildman–Crippen LogP) is 3.92. The van der Waals surface area contributed by atoms with Gasteiger partial charge in [0, 0.05) is 0 Å². The third-order valence-corrected chi connectivity index (χ3v) is 5.17. The Morgan fingerprint density at radius 3 is 2.55 bits per heavy atom. The number of imide groups is 1. The van der Waals surface area contributed by atoms with Crippen LogP contribution in [-0.4, -0.2) is 11.8 Å². The van der Waals surface area contributed by atoms with E-state index in [0.29, 0.717) is 16.6 Å². The van der Waals surface area contributed by atoms with E-state index < -0.39 is 0 Å². The van der Waals surface area contributed by atoms with Crippen molar-refractivity contribution in [2.75, 3.05) is 4.90 Å². The summed E-state index contributed by atoms with van der Waals surface area (Å²) < 4.78 is 0. The van der Waals surface area contributed by atoms with Crippen LogP contribution < -0.4 is 4.90 Å². The number of rotatable bonds is 1. The lowest BCUT2D eigenvalue weighted by molar-refractivity contribution is -0.122. The molecule has 1 aliphatic heterocycles. The molecule has 0 spiro atoms. The lowest BCUT2D eigenvalue weighted by Gasteiger charge is -2.25. The lowest BCUT2D eigenvalue weighted by Crippen LogP contribution is -2.31. The average molecular weight is 312 g/mol. The van der Waals surface area contributed by atoms with Crippen LogP contribution in [0.15, 0.2) is 18.2 Å². The molecule has 3 nitrogen and oxygen atoms in total. The molecule has 2 amide bonds. The Kier molecular flexibility index (Phi) is 3.51. The molecular formula is C15H15Cl2NO2. The van der Waals surface area contributed by atoms with Crippen molar-refractivity contribution in [1.82, 2.24) is 0 Å². The molecule has 0 radical (unpaired) electrons. The number of halogens is 2. The van der Waals surface area contributed by atoms with Crippen molar-refractivity contribution in [2.24, 2.45) is 17.8 Å². The molecule has 3 atom stereocenters. The molecule has 1 saturated carbocycles. The molecule has 106 valence electrons. The topological polar surface area (TPSA) is 37.4 Å². The van der Waals surface area contributed by atoms with E-state index in [1.807, 2.05) is 0 Å². The van der Waals surface area contributed by atoms with E-state index >= 15 is 0 Å². The molecule has 0 bridgehead atoms. The fourth-order valence-electron chi connectivity index (χ4n) is 3.29. The van der Waals surface area contributed by atoms with Gasteiger partial charge in [-0.3, -0.25) is 9.59 Å². The first-order valence-electron chi connectivity index (χ1n) is 6.82. The maximum atomic E-state index is 12.6. The second kappa shape index (κ2) is 5.05. The number of carbonyl (C=O) groups excluding carboxylic acids is 2. The molecule has 1 aliphatic carbocycles. The highest BCUT2D eigenvalue weighted by molar-refractivity contribution is 6.44. The summed E-state index contributed by atoms with van der Waals surface area (Å²) in [5.74, 6) is -0.149. The molecule has 1 saturated heterocycles. The highest BCUT2D eigenvalue weighted by Gasteiger charge is 2.50. The summed E-state index contributed by atoms with van der Waals surface area (Å²) in [6.07, 6.45) is 2.56. The number of anilines is 1. The van der Waals surface area contributed by atoms with E-state index in [4.69, 9.17) is 23.2 Å². The summed E-state index contributed by atoms with van der Waals surface area (Å²) in [6, 6.07) is 5.02. The third-order valence-electron chi connectivity index (χ3n) is 4.36. The maximum absolute atomic E-state index is 12.6. The van der Waals surface area contributed by atoms with E-state index in [2.05, 4.69) is 6.92 Å². The molecule has 1 aromatic rings. The van der Waals surface area contributed by atoms with Crippen LogP contribution in [0.3, 0.4) is 0 Å². The standard InChI is InChI=1S/C15H15Cl2NO2/c1-8-5-6-9-10(7-8)15(20)18(14(9)19)12-4-2-3-11(16)13(12)17/h2-4,8-10H,5-7H2,1H3. The van der Waals surface area contributed by atoms with E-state index in [-0.39, 0.29) is 28.7 Å². The summed E-state index contributed by atoms with van der Waals surface area (Å²) in [5, 5.41) is 0.621. The van der Waals surface area contributed by atoms with Crippen molar-refractivity contribution >= 4 is 40.7 Å². The van der Waals surface area contributed by atoms with Crippen LogP contribution in [0, 0.1) is 17.8 Å². The van der Waals surface area contributed by atoms with Gasteiger partial charge in [-0.2, -0.15) is 0 Å². The van der Waals surface area contributed by atoms with Gasteiger partial charge in [-0.1, -0.05) is 36.2 Å². The van der Waals surface area contributed by atoms with Crippen molar-refractivity contribution in [3.05, 3.63) is 28.2 Å². The maximum Gasteiger partial charge on any atom is 0.237 e.